The molecule has 0 aliphatic heterocycles. The molecule has 0 bridgehead atoms. The second-order valence-corrected chi connectivity index (χ2v) is 1.94. The summed E-state index contributed by atoms with van der Waals surface area (Å²) in [5, 5.41) is 16.2. The Morgan fingerprint density at radius 2 is 1.82 bits per heavy atom. The molecule has 0 atom stereocenters. The van der Waals surface area contributed by atoms with Crippen LogP contribution in [0, 0.1) is 0 Å². The Balaban J connectivity index is 3.03. The molecule has 0 aliphatic rings. The van der Waals surface area contributed by atoms with Gasteiger partial charge in [-0.3, -0.25) is 4.79 Å². The van der Waals surface area contributed by atoms with E-state index in [1.807, 2.05) is 0 Å². The smallest absolute Gasteiger partial charge is 0.329 e. The van der Waals surface area contributed by atoms with E-state index in [0.717, 1.165) is 0 Å². The quantitative estimate of drug-likeness (QED) is 0.535. The largest absolute Gasteiger partial charge is 0.481 e. The van der Waals surface area contributed by atoms with Gasteiger partial charge in [0, 0.05) is 13.0 Å². The van der Waals surface area contributed by atoms with Crippen LogP contribution in [0.3, 0.4) is 0 Å². The third-order valence-corrected chi connectivity index (χ3v) is 0.905. The summed E-state index contributed by atoms with van der Waals surface area (Å²) >= 11 is 0. The molecule has 0 unspecified atom stereocenters. The van der Waals surface area contributed by atoms with Gasteiger partial charge in [-0.2, -0.15) is 0 Å². The van der Waals surface area contributed by atoms with Gasteiger partial charge in [-0.15, -0.1) is 0 Å². The molecule has 0 saturated heterocycles. The van der Waals surface area contributed by atoms with E-state index in [2.05, 4.69) is 4.74 Å². The summed E-state index contributed by atoms with van der Waals surface area (Å²) in [6.07, 6.45) is 0.363. The highest BCUT2D eigenvalue weighted by molar-refractivity contribution is 5.68. The molecule has 0 aromatic carbocycles. The second-order valence-electron chi connectivity index (χ2n) is 1.94. The third kappa shape index (κ3) is 8.90. The van der Waals surface area contributed by atoms with Gasteiger partial charge < -0.3 is 14.9 Å². The number of carbonyl (C=O) groups is 2. The van der Waals surface area contributed by atoms with E-state index < -0.39 is 11.9 Å². The molecule has 11 heavy (non-hydrogen) atoms. The van der Waals surface area contributed by atoms with E-state index in [1.54, 1.807) is 0 Å². The molecule has 5 heteroatoms. The van der Waals surface area contributed by atoms with E-state index in [-0.39, 0.29) is 19.6 Å². The van der Waals surface area contributed by atoms with Crippen LogP contribution in [0.2, 0.25) is 0 Å². The Labute approximate surface area is 63.6 Å². The lowest BCUT2D eigenvalue weighted by atomic mass is 10.3. The summed E-state index contributed by atoms with van der Waals surface area (Å²) in [4.78, 5) is 19.8. The Morgan fingerprint density at radius 3 is 2.27 bits per heavy atom. The zero-order chi connectivity index (χ0) is 8.69. The molecule has 0 fully saturated rings. The van der Waals surface area contributed by atoms with E-state index in [4.69, 9.17) is 10.2 Å². The first-order valence-electron chi connectivity index (χ1n) is 3.14. The van der Waals surface area contributed by atoms with Crippen molar-refractivity contribution in [1.82, 2.24) is 0 Å². The number of hydrogen-bond donors (Lipinski definition) is 2. The number of rotatable bonds is 6. The normalized spacial score (nSPS) is 9.45. The summed E-state index contributed by atoms with van der Waals surface area (Å²) in [5.74, 6) is -1.94. The van der Waals surface area contributed by atoms with Gasteiger partial charge in [-0.25, -0.2) is 4.79 Å². The highest BCUT2D eigenvalue weighted by Crippen LogP contribution is 1.89. The summed E-state index contributed by atoms with van der Waals surface area (Å²) in [5.41, 5.74) is 0. The van der Waals surface area contributed by atoms with Crippen LogP contribution in [-0.2, 0) is 14.3 Å². The average Bonchev–Trinajstić information content (AvgIpc) is 1.85. The van der Waals surface area contributed by atoms with Crippen molar-refractivity contribution < 1.29 is 24.5 Å². The van der Waals surface area contributed by atoms with E-state index in [9.17, 15) is 9.59 Å². The molecule has 0 amide bonds. The van der Waals surface area contributed by atoms with Crippen LogP contribution >= 0.6 is 0 Å². The molecule has 64 valence electrons. The first-order valence-corrected chi connectivity index (χ1v) is 3.14. The Bertz CT molecular complexity index is 126. The van der Waals surface area contributed by atoms with Crippen molar-refractivity contribution >= 4 is 11.9 Å². The molecule has 5 nitrogen and oxygen atoms in total. The summed E-state index contributed by atoms with van der Waals surface area (Å²) in [6.45, 7) is -0.182. The predicted octanol–water partition coefficient (Wildman–Crippen LogP) is -0.0476. The minimum absolute atomic E-state index is 0.0135. The van der Waals surface area contributed by atoms with Crippen LogP contribution in [0.4, 0.5) is 0 Å². The Hall–Kier alpha value is -1.10. The van der Waals surface area contributed by atoms with Crippen molar-refractivity contribution in [1.29, 1.82) is 0 Å². The molecule has 0 aromatic heterocycles. The van der Waals surface area contributed by atoms with Crippen LogP contribution in [0.5, 0.6) is 0 Å². The molecule has 0 heterocycles. The molecule has 0 spiro atoms. The van der Waals surface area contributed by atoms with Crippen LogP contribution in [0.1, 0.15) is 12.8 Å². The van der Waals surface area contributed by atoms with Gasteiger partial charge in [-0.1, -0.05) is 0 Å². The van der Waals surface area contributed by atoms with E-state index >= 15 is 0 Å². The fourth-order valence-corrected chi connectivity index (χ4v) is 0.485. The van der Waals surface area contributed by atoms with Gasteiger partial charge in [0.2, 0.25) is 0 Å². The van der Waals surface area contributed by atoms with E-state index in [1.165, 1.54) is 0 Å². The first kappa shape index (κ1) is 9.90. The number of ether oxygens (including phenoxy) is 1. The van der Waals surface area contributed by atoms with Crippen LogP contribution < -0.4 is 0 Å². The van der Waals surface area contributed by atoms with Gasteiger partial charge in [0.05, 0.1) is 0 Å². The van der Waals surface area contributed by atoms with E-state index in [0.29, 0.717) is 6.42 Å². The average molecular weight is 162 g/mol. The zero-order valence-corrected chi connectivity index (χ0v) is 5.95. The highest BCUT2D eigenvalue weighted by atomic mass is 16.5. The maximum Gasteiger partial charge on any atom is 0.329 e. The number of carboxylic acid groups (broad SMARTS) is 2. The van der Waals surface area contributed by atoms with Crippen molar-refractivity contribution in [2.45, 2.75) is 12.8 Å². The van der Waals surface area contributed by atoms with Gasteiger partial charge in [0.1, 0.15) is 6.61 Å². The second kappa shape index (κ2) is 5.67. The lowest BCUT2D eigenvalue weighted by Gasteiger charge is -1.97. The fraction of sp³-hybridized carbons (Fsp3) is 0.667. The summed E-state index contributed by atoms with van der Waals surface area (Å²) in [7, 11) is 0. The third-order valence-electron chi connectivity index (χ3n) is 0.905. The lowest BCUT2D eigenvalue weighted by molar-refractivity contribution is -0.142. The first-order chi connectivity index (χ1) is 5.13. The number of aliphatic carboxylic acids is 2. The summed E-state index contributed by atoms with van der Waals surface area (Å²) < 4.78 is 4.58. The van der Waals surface area contributed by atoms with Crippen molar-refractivity contribution in [2.24, 2.45) is 0 Å². The molecule has 0 saturated carbocycles. The Morgan fingerprint density at radius 1 is 1.18 bits per heavy atom. The highest BCUT2D eigenvalue weighted by Gasteiger charge is 1.98. The molecule has 0 aliphatic carbocycles. The van der Waals surface area contributed by atoms with Crippen LogP contribution in [-0.4, -0.2) is 35.4 Å². The van der Waals surface area contributed by atoms with Crippen molar-refractivity contribution in [3.8, 4) is 0 Å². The van der Waals surface area contributed by atoms with Crippen molar-refractivity contribution in [2.75, 3.05) is 13.2 Å². The Kier molecular flexibility index (Phi) is 5.10. The maximum atomic E-state index is 9.92. The molecule has 0 radical (unpaired) electrons. The van der Waals surface area contributed by atoms with Crippen LogP contribution in [0.15, 0.2) is 0 Å². The van der Waals surface area contributed by atoms with Gasteiger partial charge in [0.25, 0.3) is 0 Å². The lowest BCUT2D eigenvalue weighted by Crippen LogP contribution is -2.08. The maximum absolute atomic E-state index is 9.92. The van der Waals surface area contributed by atoms with Crippen LogP contribution in [0.25, 0.3) is 0 Å². The minimum Gasteiger partial charge on any atom is -0.481 e. The zero-order valence-electron chi connectivity index (χ0n) is 5.95. The van der Waals surface area contributed by atoms with Crippen molar-refractivity contribution in [3.63, 3.8) is 0 Å². The standard InChI is InChI=1S/C6H10O5/c7-5(8)2-1-3-11-4-6(9)10/h1-4H2,(H,7,8)(H,9,10). The molecule has 2 N–H and O–H groups in total. The van der Waals surface area contributed by atoms with Gasteiger partial charge in [-0.05, 0) is 6.42 Å². The number of carboxylic acids is 2. The van der Waals surface area contributed by atoms with Gasteiger partial charge >= 0.3 is 11.9 Å². The fourth-order valence-electron chi connectivity index (χ4n) is 0.485. The molecular formula is C6H10O5. The number of hydrogen-bond acceptors (Lipinski definition) is 3. The van der Waals surface area contributed by atoms with Crippen molar-refractivity contribution in [3.05, 3.63) is 0 Å². The topological polar surface area (TPSA) is 83.8 Å². The predicted molar refractivity (Wildman–Crippen MR) is 35.3 cm³/mol. The monoisotopic (exact) mass is 162 g/mol. The molecule has 0 rings (SSSR count). The molecule has 0 aromatic rings. The molecular weight excluding hydrogens is 152 g/mol. The van der Waals surface area contributed by atoms with Gasteiger partial charge in [0.15, 0.2) is 0 Å². The summed E-state index contributed by atoms with van der Waals surface area (Å²) in [6, 6.07) is 0. The SMILES string of the molecule is O=C(O)CCCOCC(=O)O. The minimum atomic E-state index is -1.04.